The minimum absolute atomic E-state index is 0.141. The van der Waals surface area contributed by atoms with E-state index >= 15 is 0 Å². The van der Waals surface area contributed by atoms with Crippen LogP contribution in [-0.4, -0.2) is 82.3 Å². The fraction of sp³-hybridized carbons (Fsp3) is 0.797. The third-order valence-electron chi connectivity index (χ3n) is 13.2. The van der Waals surface area contributed by atoms with E-state index in [4.69, 9.17) is 18.9 Å². The Hall–Kier alpha value is -3.01. The number of carboxylic acid groups (broad SMARTS) is 1. The molecule has 0 saturated carbocycles. The molecule has 0 spiro atoms. The molecule has 0 heterocycles. The lowest BCUT2D eigenvalue weighted by molar-refractivity contribution is -0.870. The molecule has 0 N–H and O–H groups in total. The molecule has 0 aromatic rings. The van der Waals surface area contributed by atoms with Crippen molar-refractivity contribution >= 4 is 17.9 Å². The molecule has 9 heteroatoms. The first-order chi connectivity index (χ1) is 35.6. The highest BCUT2D eigenvalue weighted by molar-refractivity contribution is 5.70. The van der Waals surface area contributed by atoms with Crippen molar-refractivity contribution in [2.45, 2.75) is 283 Å². The molecule has 0 aliphatic heterocycles. The largest absolute Gasteiger partial charge is 0.545 e. The second kappa shape index (κ2) is 55.2. The van der Waals surface area contributed by atoms with E-state index in [1.807, 2.05) is 21.1 Å². The highest BCUT2D eigenvalue weighted by atomic mass is 16.7. The van der Waals surface area contributed by atoms with Gasteiger partial charge in [-0.3, -0.25) is 9.59 Å². The van der Waals surface area contributed by atoms with Crippen molar-refractivity contribution in [2.75, 3.05) is 47.5 Å². The highest BCUT2D eigenvalue weighted by Gasteiger charge is 2.22. The second-order valence-electron chi connectivity index (χ2n) is 21.6. The lowest BCUT2D eigenvalue weighted by atomic mass is 10.0. The molecule has 0 aromatic heterocycles. The molecule has 0 aliphatic carbocycles. The first-order valence-electron chi connectivity index (χ1n) is 30.4. The van der Waals surface area contributed by atoms with Gasteiger partial charge in [-0.1, -0.05) is 242 Å². The van der Waals surface area contributed by atoms with Crippen LogP contribution in [-0.2, 0) is 33.3 Å². The molecule has 0 aliphatic rings. The van der Waals surface area contributed by atoms with Gasteiger partial charge in [0.2, 0.25) is 0 Å². The van der Waals surface area contributed by atoms with E-state index in [1.54, 1.807) is 0 Å². The number of hydrogen-bond acceptors (Lipinski definition) is 8. The monoisotopic (exact) mass is 1030 g/mol. The van der Waals surface area contributed by atoms with E-state index < -0.39 is 24.3 Å². The minimum atomic E-state index is -1.63. The predicted molar refractivity (Wildman–Crippen MR) is 306 cm³/mol. The van der Waals surface area contributed by atoms with Crippen molar-refractivity contribution in [3.63, 3.8) is 0 Å². The summed E-state index contributed by atoms with van der Waals surface area (Å²) in [5, 5.41) is 11.7. The number of likely N-dealkylation sites (N-methyl/N-ethyl adjacent to an activating group) is 1. The van der Waals surface area contributed by atoms with Crippen molar-refractivity contribution in [3.05, 3.63) is 60.8 Å². The van der Waals surface area contributed by atoms with Crippen molar-refractivity contribution in [3.8, 4) is 0 Å². The molecular formula is C64H115NO8. The smallest absolute Gasteiger partial charge is 0.306 e. The van der Waals surface area contributed by atoms with Gasteiger partial charge in [-0.2, -0.15) is 0 Å². The number of hydrogen-bond donors (Lipinski definition) is 0. The van der Waals surface area contributed by atoms with Gasteiger partial charge >= 0.3 is 11.9 Å². The quantitative estimate of drug-likeness (QED) is 0.0195. The summed E-state index contributed by atoms with van der Waals surface area (Å²) in [6.07, 6.45) is 67.4. The van der Waals surface area contributed by atoms with Gasteiger partial charge < -0.3 is 33.3 Å². The van der Waals surface area contributed by atoms with Crippen LogP contribution < -0.4 is 5.11 Å². The molecule has 0 rings (SSSR count). The molecule has 0 fully saturated rings. The number of ether oxygens (including phenoxy) is 4. The zero-order valence-electron chi connectivity index (χ0n) is 48.3. The van der Waals surface area contributed by atoms with Crippen LogP contribution in [0.1, 0.15) is 271 Å². The van der Waals surface area contributed by atoms with Crippen LogP contribution >= 0.6 is 0 Å². The van der Waals surface area contributed by atoms with Gasteiger partial charge in [-0.15, -0.1) is 0 Å². The van der Waals surface area contributed by atoms with Crippen LogP contribution in [0.2, 0.25) is 0 Å². The third-order valence-corrected chi connectivity index (χ3v) is 13.2. The standard InChI is InChI=1S/C64H115NO8/c1-6-8-10-12-14-16-18-20-21-22-23-24-25-26-27-28-29-30-31-32-33-34-35-36-37-38-39-40-41-43-44-46-48-50-52-54-61(66)71-58-60(59-72-64(63(68)69)70-57-56-65(3,4)5)73-62(67)55-53-51-49-47-45-42-19-17-15-13-11-9-7-2/h9,11,15,17-18,20,22-23,42,45,60,64H,6-8,10,12-14,16,19,21,24-41,43-44,46-59H2,1-5H3/b11-9-,17-15-,20-18-,23-22-,45-42-. The first kappa shape index (κ1) is 70.0. The van der Waals surface area contributed by atoms with Gasteiger partial charge in [-0.25, -0.2) is 0 Å². The van der Waals surface area contributed by atoms with Gasteiger partial charge in [0.15, 0.2) is 12.4 Å². The van der Waals surface area contributed by atoms with Crippen molar-refractivity contribution in [2.24, 2.45) is 0 Å². The van der Waals surface area contributed by atoms with E-state index in [-0.39, 0.29) is 38.6 Å². The zero-order valence-corrected chi connectivity index (χ0v) is 48.3. The van der Waals surface area contributed by atoms with Crippen molar-refractivity contribution < 1.29 is 42.9 Å². The first-order valence-corrected chi connectivity index (χ1v) is 30.4. The molecular weight excluding hydrogens is 911 g/mol. The van der Waals surface area contributed by atoms with Gasteiger partial charge in [0.25, 0.3) is 0 Å². The summed E-state index contributed by atoms with van der Waals surface area (Å²) in [4.78, 5) is 37.2. The lowest BCUT2D eigenvalue weighted by Crippen LogP contribution is -2.44. The normalized spacial score (nSPS) is 13.2. The number of nitrogens with zero attached hydrogens (tertiary/aromatic N) is 1. The average molecular weight is 1030 g/mol. The Labute approximate surface area is 450 Å². The maximum Gasteiger partial charge on any atom is 0.306 e. The van der Waals surface area contributed by atoms with Crippen LogP contribution in [0.5, 0.6) is 0 Å². The number of carbonyl (C=O) groups is 3. The molecule has 73 heavy (non-hydrogen) atoms. The number of aliphatic carboxylic acids is 1. The van der Waals surface area contributed by atoms with Crippen LogP contribution in [0.25, 0.3) is 0 Å². The number of quaternary nitrogens is 1. The lowest BCUT2D eigenvalue weighted by Gasteiger charge is -2.26. The Kier molecular flexibility index (Phi) is 53.0. The molecule has 0 saturated heterocycles. The average Bonchev–Trinajstić information content (AvgIpc) is 3.36. The Morgan fingerprint density at radius 3 is 1.18 bits per heavy atom. The van der Waals surface area contributed by atoms with Crippen LogP contribution in [0.4, 0.5) is 0 Å². The van der Waals surface area contributed by atoms with Crippen LogP contribution in [0.15, 0.2) is 60.8 Å². The zero-order chi connectivity index (χ0) is 53.4. The fourth-order valence-electron chi connectivity index (χ4n) is 8.58. The molecule has 424 valence electrons. The van der Waals surface area contributed by atoms with E-state index in [0.29, 0.717) is 17.4 Å². The highest BCUT2D eigenvalue weighted by Crippen LogP contribution is 2.17. The third kappa shape index (κ3) is 56.6. The number of allylic oxidation sites excluding steroid dienone is 10. The van der Waals surface area contributed by atoms with Crippen molar-refractivity contribution in [1.82, 2.24) is 0 Å². The number of rotatable bonds is 56. The maximum absolute atomic E-state index is 12.8. The number of esters is 2. The summed E-state index contributed by atoms with van der Waals surface area (Å²) >= 11 is 0. The number of unbranched alkanes of at least 4 members (excludes halogenated alkanes) is 31. The van der Waals surface area contributed by atoms with E-state index in [9.17, 15) is 19.5 Å². The molecule has 0 radical (unpaired) electrons. The topological polar surface area (TPSA) is 111 Å². The molecule has 0 aromatic carbocycles. The van der Waals surface area contributed by atoms with Gasteiger partial charge in [-0.05, 0) is 77.0 Å². The molecule has 9 nitrogen and oxygen atoms in total. The molecule has 0 bridgehead atoms. The maximum atomic E-state index is 12.8. The van der Waals surface area contributed by atoms with Crippen molar-refractivity contribution in [1.29, 1.82) is 0 Å². The van der Waals surface area contributed by atoms with E-state index in [2.05, 4.69) is 74.6 Å². The minimum Gasteiger partial charge on any atom is -0.545 e. The van der Waals surface area contributed by atoms with Gasteiger partial charge in [0.05, 0.1) is 40.3 Å². The number of carbonyl (C=O) groups excluding carboxylic acids is 3. The van der Waals surface area contributed by atoms with Crippen LogP contribution in [0, 0.1) is 0 Å². The summed E-state index contributed by atoms with van der Waals surface area (Å²) in [6.45, 7) is 4.60. The summed E-state index contributed by atoms with van der Waals surface area (Å²) in [5.41, 5.74) is 0. The van der Waals surface area contributed by atoms with Crippen LogP contribution in [0.3, 0.4) is 0 Å². The molecule has 2 atom stereocenters. The van der Waals surface area contributed by atoms with Gasteiger partial charge in [0, 0.05) is 12.8 Å². The number of carboxylic acids is 1. The summed E-state index contributed by atoms with van der Waals surface area (Å²) in [5.74, 6) is -2.32. The van der Waals surface area contributed by atoms with E-state index in [1.165, 1.54) is 173 Å². The molecule has 0 amide bonds. The Morgan fingerprint density at radius 1 is 0.425 bits per heavy atom. The second-order valence-corrected chi connectivity index (χ2v) is 21.6. The summed E-state index contributed by atoms with van der Waals surface area (Å²) < 4.78 is 22.6. The summed E-state index contributed by atoms with van der Waals surface area (Å²) in [7, 11) is 5.91. The molecule has 2 unspecified atom stereocenters. The van der Waals surface area contributed by atoms with E-state index in [0.717, 1.165) is 64.2 Å². The Bertz CT molecular complexity index is 1380. The SMILES string of the molecule is CC/C=C\C/C=C\C/C=C\CCCCCC(=O)OC(COC(=O)CCCCCCCCCCCCCCCCCCCCCCCCC/C=C\C/C=C\CCCCCCC)COC(OCC[N+](C)(C)C)C(=O)[O-]. The Balaban J connectivity index is 3.99. The Morgan fingerprint density at radius 2 is 0.781 bits per heavy atom. The van der Waals surface area contributed by atoms with Gasteiger partial charge in [0.1, 0.15) is 13.2 Å². The fourth-order valence-corrected chi connectivity index (χ4v) is 8.58. The summed E-state index contributed by atoms with van der Waals surface area (Å²) in [6, 6.07) is 0. The predicted octanol–water partition coefficient (Wildman–Crippen LogP) is 16.7.